The summed E-state index contributed by atoms with van der Waals surface area (Å²) < 4.78 is 5.73. The lowest BCUT2D eigenvalue weighted by Gasteiger charge is -2.59. The van der Waals surface area contributed by atoms with Crippen LogP contribution in [-0.2, 0) is 4.74 Å². The van der Waals surface area contributed by atoms with Crippen LogP contribution in [0.3, 0.4) is 0 Å². The molecule has 0 bridgehead atoms. The fraction of sp³-hybridized carbons (Fsp3) is 0.783. The van der Waals surface area contributed by atoms with Gasteiger partial charge < -0.3 is 9.84 Å². The molecule has 7 atom stereocenters. The summed E-state index contributed by atoms with van der Waals surface area (Å²) in [5.74, 6) is 2.07. The van der Waals surface area contributed by atoms with Gasteiger partial charge in [0.05, 0.1) is 17.8 Å². The summed E-state index contributed by atoms with van der Waals surface area (Å²) in [6.45, 7) is 6.78. The van der Waals surface area contributed by atoms with Gasteiger partial charge in [-0.15, -0.1) is 0 Å². The van der Waals surface area contributed by atoms with Crippen LogP contribution in [0.15, 0.2) is 23.3 Å². The lowest BCUT2D eigenvalue weighted by atomic mass is 9.47. The van der Waals surface area contributed by atoms with E-state index < -0.39 is 5.60 Å². The normalized spacial score (nSPS) is 51.8. The average Bonchev–Trinajstić information content (AvgIpc) is 2.92. The molecule has 3 saturated carbocycles. The van der Waals surface area contributed by atoms with Crippen LogP contribution in [0.2, 0.25) is 0 Å². The lowest BCUT2D eigenvalue weighted by molar-refractivity contribution is -0.136. The third-order valence-electron chi connectivity index (χ3n) is 8.85. The molecule has 3 heteroatoms. The second-order valence-electron chi connectivity index (χ2n) is 10.0. The first-order valence-corrected chi connectivity index (χ1v) is 10.3. The van der Waals surface area contributed by atoms with Gasteiger partial charge in [-0.05, 0) is 80.5 Å². The lowest BCUT2D eigenvalue weighted by Crippen LogP contribution is -2.56. The maximum atomic E-state index is 10.9. The van der Waals surface area contributed by atoms with Crippen molar-refractivity contribution in [3.8, 4) is 6.07 Å². The van der Waals surface area contributed by atoms with Crippen LogP contribution >= 0.6 is 0 Å². The monoisotopic (exact) mass is 355 g/mol. The Morgan fingerprint density at radius 1 is 1.23 bits per heavy atom. The highest BCUT2D eigenvalue weighted by molar-refractivity contribution is 5.32. The van der Waals surface area contributed by atoms with Crippen molar-refractivity contribution in [2.24, 2.45) is 28.6 Å². The van der Waals surface area contributed by atoms with Gasteiger partial charge in [-0.2, -0.15) is 5.26 Å². The first-order valence-electron chi connectivity index (χ1n) is 10.3. The van der Waals surface area contributed by atoms with Gasteiger partial charge in [-0.25, -0.2) is 0 Å². The van der Waals surface area contributed by atoms with E-state index in [1.165, 1.54) is 30.4 Å². The predicted molar refractivity (Wildman–Crippen MR) is 102 cm³/mol. The number of nitrogens with zero attached hydrogens (tertiary/aromatic N) is 1. The third-order valence-corrected chi connectivity index (χ3v) is 8.85. The van der Waals surface area contributed by atoms with Crippen LogP contribution in [0.5, 0.6) is 0 Å². The van der Waals surface area contributed by atoms with E-state index in [0.717, 1.165) is 25.7 Å². The van der Waals surface area contributed by atoms with Gasteiger partial charge in [0.1, 0.15) is 0 Å². The molecule has 3 nitrogen and oxygen atoms in total. The Morgan fingerprint density at radius 3 is 2.65 bits per heavy atom. The number of allylic oxidation sites excluding steroid dienone is 3. The molecule has 0 aromatic heterocycles. The minimum Gasteiger partial charge on any atom is -0.387 e. The van der Waals surface area contributed by atoms with Crippen molar-refractivity contribution in [3.05, 3.63) is 23.3 Å². The minimum atomic E-state index is -0.758. The number of ether oxygens (including phenoxy) is 1. The molecule has 0 spiro atoms. The Kier molecular flexibility index (Phi) is 4.18. The number of hydrogen-bond donors (Lipinski definition) is 1. The molecule has 4 aliphatic carbocycles. The van der Waals surface area contributed by atoms with Crippen molar-refractivity contribution in [1.29, 1.82) is 5.26 Å². The minimum absolute atomic E-state index is 0.0886. The van der Waals surface area contributed by atoms with Crippen molar-refractivity contribution < 1.29 is 9.84 Å². The highest BCUT2D eigenvalue weighted by Gasteiger charge is 2.59. The SMILES string of the molecule is CO[C@H]1C[C@@]2(C)C(=CC[C@@H]3[C@@H]2CC[C@]2(C)/C(=C\C#N)CC[C@@H]32)C[C@]1(C)O. The average molecular weight is 356 g/mol. The molecule has 26 heavy (non-hydrogen) atoms. The highest BCUT2D eigenvalue weighted by atomic mass is 16.5. The standard InChI is InChI=1S/C23H33NO2/c1-21-11-9-19-17(18(21)8-6-15(21)10-12-24)7-5-16-13-23(3,25)20(26-4)14-22(16,19)2/h5,10,17-20,25H,6-9,11,13-14H2,1-4H3/b15-10-/t17-,18-,19-,20-,21+,22-,23-/m0/s1. The molecular formula is C23H33NO2. The van der Waals surface area contributed by atoms with Crippen LogP contribution in [0.4, 0.5) is 0 Å². The smallest absolute Gasteiger partial charge is 0.0917 e. The van der Waals surface area contributed by atoms with Crippen LogP contribution in [0, 0.1) is 39.9 Å². The van der Waals surface area contributed by atoms with E-state index in [1.807, 2.05) is 13.0 Å². The second-order valence-corrected chi connectivity index (χ2v) is 10.0. The summed E-state index contributed by atoms with van der Waals surface area (Å²) in [5.41, 5.74) is 2.47. The highest BCUT2D eigenvalue weighted by Crippen LogP contribution is 2.66. The van der Waals surface area contributed by atoms with Gasteiger partial charge in [0, 0.05) is 13.2 Å². The van der Waals surface area contributed by atoms with Crippen molar-refractivity contribution in [2.75, 3.05) is 7.11 Å². The van der Waals surface area contributed by atoms with Crippen molar-refractivity contribution >= 4 is 0 Å². The summed E-state index contributed by atoms with van der Waals surface area (Å²) in [6, 6.07) is 2.30. The van der Waals surface area contributed by atoms with E-state index in [9.17, 15) is 10.4 Å². The fourth-order valence-corrected chi connectivity index (χ4v) is 7.32. The number of hydrogen-bond acceptors (Lipinski definition) is 3. The summed E-state index contributed by atoms with van der Waals surface area (Å²) in [5, 5.41) is 20.1. The molecule has 0 radical (unpaired) electrons. The molecule has 0 amide bonds. The van der Waals surface area contributed by atoms with Crippen LogP contribution in [0.25, 0.3) is 0 Å². The van der Waals surface area contributed by atoms with Gasteiger partial charge in [0.2, 0.25) is 0 Å². The van der Waals surface area contributed by atoms with Crippen molar-refractivity contribution in [3.63, 3.8) is 0 Å². The van der Waals surface area contributed by atoms with E-state index in [0.29, 0.717) is 17.8 Å². The Hall–Kier alpha value is -1.11. The molecule has 0 heterocycles. The van der Waals surface area contributed by atoms with Gasteiger partial charge >= 0.3 is 0 Å². The molecule has 142 valence electrons. The quantitative estimate of drug-likeness (QED) is 0.544. The zero-order valence-electron chi connectivity index (χ0n) is 16.7. The summed E-state index contributed by atoms with van der Waals surface area (Å²) in [4.78, 5) is 0. The molecule has 0 unspecified atom stereocenters. The van der Waals surface area contributed by atoms with Gasteiger partial charge in [-0.3, -0.25) is 0 Å². The van der Waals surface area contributed by atoms with E-state index >= 15 is 0 Å². The maximum absolute atomic E-state index is 10.9. The molecule has 1 N–H and O–H groups in total. The zero-order valence-corrected chi connectivity index (χ0v) is 16.7. The van der Waals surface area contributed by atoms with E-state index in [1.54, 1.807) is 7.11 Å². The Balaban J connectivity index is 1.69. The molecular weight excluding hydrogens is 322 g/mol. The van der Waals surface area contributed by atoms with Crippen molar-refractivity contribution in [2.45, 2.75) is 77.4 Å². The van der Waals surface area contributed by atoms with Crippen LogP contribution < -0.4 is 0 Å². The second kappa shape index (κ2) is 5.94. The van der Waals surface area contributed by atoms with E-state index in [4.69, 9.17) is 4.74 Å². The number of aliphatic hydroxyl groups is 1. The fourth-order valence-electron chi connectivity index (χ4n) is 7.32. The van der Waals surface area contributed by atoms with Gasteiger partial charge in [0.15, 0.2) is 0 Å². The first-order chi connectivity index (χ1) is 12.3. The predicted octanol–water partition coefficient (Wildman–Crippen LogP) is 4.78. The topological polar surface area (TPSA) is 53.2 Å². The third kappa shape index (κ3) is 2.38. The molecule has 0 aromatic carbocycles. The van der Waals surface area contributed by atoms with E-state index in [2.05, 4.69) is 26.0 Å². The van der Waals surface area contributed by atoms with Gasteiger partial charge in [0.25, 0.3) is 0 Å². The number of rotatable bonds is 1. The summed E-state index contributed by atoms with van der Waals surface area (Å²) >= 11 is 0. The maximum Gasteiger partial charge on any atom is 0.0917 e. The molecule has 0 aliphatic heterocycles. The van der Waals surface area contributed by atoms with Crippen LogP contribution in [0.1, 0.15) is 65.7 Å². The molecule has 4 aliphatic rings. The van der Waals surface area contributed by atoms with E-state index in [-0.39, 0.29) is 16.9 Å². The first kappa shape index (κ1) is 18.3. The summed E-state index contributed by atoms with van der Waals surface area (Å²) in [6.07, 6.45) is 11.8. The van der Waals surface area contributed by atoms with Crippen LogP contribution in [-0.4, -0.2) is 23.9 Å². The number of fused-ring (bicyclic) bond motifs is 5. The molecule has 0 saturated heterocycles. The molecule has 3 fully saturated rings. The van der Waals surface area contributed by atoms with Gasteiger partial charge in [-0.1, -0.05) is 31.1 Å². The Labute approximate surface area is 158 Å². The number of methoxy groups -OCH3 is 1. The van der Waals surface area contributed by atoms with Crippen molar-refractivity contribution in [1.82, 2.24) is 0 Å². The Morgan fingerprint density at radius 2 is 1.96 bits per heavy atom. The number of nitriles is 1. The largest absolute Gasteiger partial charge is 0.387 e. The molecule has 0 aromatic rings. The molecule has 4 rings (SSSR count). The Bertz CT molecular complexity index is 699. The summed E-state index contributed by atoms with van der Waals surface area (Å²) in [7, 11) is 1.74. The zero-order chi connectivity index (χ0) is 18.7.